The molecule has 2 amide bonds. The molecule has 0 aliphatic carbocycles. The van der Waals surface area contributed by atoms with Crippen LogP contribution in [0.2, 0.25) is 5.02 Å². The number of nitrogens with one attached hydrogen (secondary N) is 2. The number of unbranched alkanes of at least 4 members (excludes halogenated alkanes) is 1. The van der Waals surface area contributed by atoms with Crippen molar-refractivity contribution in [1.29, 1.82) is 0 Å². The zero-order valence-electron chi connectivity index (χ0n) is 23.9. The van der Waals surface area contributed by atoms with Gasteiger partial charge in [-0.2, -0.15) is 0 Å². The first-order valence-electron chi connectivity index (χ1n) is 14.2. The molecule has 5 rings (SSSR count). The number of aliphatic imine (C=N–C) groups is 1. The molecule has 1 aliphatic heterocycles. The molecule has 0 fully saturated rings. The van der Waals surface area contributed by atoms with Gasteiger partial charge in [0.1, 0.15) is 17.6 Å². The Morgan fingerprint density at radius 3 is 2.51 bits per heavy atom. The molecule has 2 heterocycles. The van der Waals surface area contributed by atoms with Gasteiger partial charge in [-0.3, -0.25) is 19.1 Å². The second-order valence-corrected chi connectivity index (χ2v) is 11.5. The van der Waals surface area contributed by atoms with E-state index in [4.69, 9.17) is 21.3 Å². The average Bonchev–Trinajstić information content (AvgIpc) is 3.31. The lowest BCUT2D eigenvalue weighted by molar-refractivity contribution is -0.121. The number of hydrogen-bond donors (Lipinski definition) is 2. The highest BCUT2D eigenvalue weighted by molar-refractivity contribution is 9.10. The van der Waals surface area contributed by atoms with Gasteiger partial charge < -0.3 is 15.4 Å². The third kappa shape index (κ3) is 7.50. The van der Waals surface area contributed by atoms with E-state index < -0.39 is 6.04 Å². The Hall–Kier alpha value is -4.02. The summed E-state index contributed by atoms with van der Waals surface area (Å²) in [7, 11) is 0. The van der Waals surface area contributed by atoms with Crippen LogP contribution in [0.3, 0.4) is 0 Å². The van der Waals surface area contributed by atoms with Gasteiger partial charge in [0.15, 0.2) is 5.82 Å². The lowest BCUT2D eigenvalue weighted by Gasteiger charge is -2.15. The molecular weight excluding hydrogens is 632 g/mol. The van der Waals surface area contributed by atoms with Gasteiger partial charge in [-0.25, -0.2) is 0 Å². The van der Waals surface area contributed by atoms with Crippen molar-refractivity contribution in [1.82, 2.24) is 20.1 Å². The van der Waals surface area contributed by atoms with Crippen LogP contribution in [-0.4, -0.2) is 45.4 Å². The van der Waals surface area contributed by atoms with Gasteiger partial charge in [0.05, 0.1) is 24.4 Å². The number of anilines is 1. The molecule has 2 N–H and O–H groups in total. The molecule has 1 aliphatic rings. The van der Waals surface area contributed by atoms with Crippen LogP contribution >= 0.6 is 27.5 Å². The van der Waals surface area contributed by atoms with E-state index in [9.17, 15) is 9.59 Å². The van der Waals surface area contributed by atoms with E-state index in [1.807, 2.05) is 85.1 Å². The number of rotatable bonds is 11. The highest BCUT2D eigenvalue weighted by Crippen LogP contribution is 2.34. The van der Waals surface area contributed by atoms with E-state index in [1.165, 1.54) is 0 Å². The van der Waals surface area contributed by atoms with E-state index in [1.54, 1.807) is 0 Å². The summed E-state index contributed by atoms with van der Waals surface area (Å²) >= 11 is 9.60. The van der Waals surface area contributed by atoms with Gasteiger partial charge in [-0.1, -0.05) is 39.7 Å². The molecule has 3 aromatic carbocycles. The van der Waals surface area contributed by atoms with Gasteiger partial charge >= 0.3 is 0 Å². The molecule has 0 spiro atoms. The number of benzene rings is 3. The highest BCUT2D eigenvalue weighted by Gasteiger charge is 2.30. The minimum atomic E-state index is -0.543. The van der Waals surface area contributed by atoms with Gasteiger partial charge in [0.25, 0.3) is 0 Å². The van der Waals surface area contributed by atoms with Gasteiger partial charge in [0.2, 0.25) is 11.8 Å². The number of amides is 2. The Morgan fingerprint density at radius 2 is 1.77 bits per heavy atom. The van der Waals surface area contributed by atoms with Crippen LogP contribution < -0.4 is 15.4 Å². The summed E-state index contributed by atoms with van der Waals surface area (Å²) in [5.41, 5.74) is 4.02. The SMILES string of the molecule is CCNC(=O)CC1N=C(c2ccc(Cl)cc2)c2cc(OCCCCC(=O)Nc3ccc(Br)cc3)ccc2-n2c(C)nnc21. The topological polar surface area (TPSA) is 110 Å². The molecule has 1 aromatic heterocycles. The van der Waals surface area contributed by atoms with Crippen LogP contribution in [0.1, 0.15) is 61.4 Å². The molecule has 0 radical (unpaired) electrons. The second kappa shape index (κ2) is 14.0. The summed E-state index contributed by atoms with van der Waals surface area (Å²) in [6.45, 7) is 4.75. The molecule has 0 bridgehead atoms. The number of carbonyl (C=O) groups is 2. The fourth-order valence-electron chi connectivity index (χ4n) is 4.92. The Kier molecular flexibility index (Phi) is 9.89. The molecule has 43 heavy (non-hydrogen) atoms. The molecule has 222 valence electrons. The Bertz CT molecular complexity index is 1640. The van der Waals surface area contributed by atoms with Gasteiger partial charge in [-0.05, 0) is 81.3 Å². The first kappa shape index (κ1) is 30.4. The van der Waals surface area contributed by atoms with Crippen molar-refractivity contribution in [3.05, 3.63) is 99.0 Å². The molecule has 4 aromatic rings. The largest absolute Gasteiger partial charge is 0.494 e. The monoisotopic (exact) mass is 662 g/mol. The minimum Gasteiger partial charge on any atom is -0.494 e. The fourth-order valence-corrected chi connectivity index (χ4v) is 5.31. The van der Waals surface area contributed by atoms with Crippen LogP contribution in [-0.2, 0) is 9.59 Å². The van der Waals surface area contributed by atoms with Crippen molar-refractivity contribution >= 4 is 50.7 Å². The number of nitrogens with zero attached hydrogens (tertiary/aromatic N) is 4. The Balaban J connectivity index is 1.35. The smallest absolute Gasteiger partial charge is 0.224 e. The maximum atomic E-state index is 12.7. The maximum absolute atomic E-state index is 12.7. The third-order valence-electron chi connectivity index (χ3n) is 6.96. The second-order valence-electron chi connectivity index (χ2n) is 10.1. The summed E-state index contributed by atoms with van der Waals surface area (Å²) in [5.74, 6) is 1.83. The van der Waals surface area contributed by atoms with Crippen molar-refractivity contribution in [3.63, 3.8) is 0 Å². The van der Waals surface area contributed by atoms with Crippen LogP contribution in [0.5, 0.6) is 5.75 Å². The van der Waals surface area contributed by atoms with E-state index in [-0.39, 0.29) is 18.2 Å². The molecule has 11 heteroatoms. The number of hydrogen-bond acceptors (Lipinski definition) is 6. The van der Waals surface area contributed by atoms with Crippen molar-refractivity contribution in [2.75, 3.05) is 18.5 Å². The summed E-state index contributed by atoms with van der Waals surface area (Å²) in [6, 6.07) is 20.3. The number of fused-ring (bicyclic) bond motifs is 3. The zero-order valence-corrected chi connectivity index (χ0v) is 26.3. The van der Waals surface area contributed by atoms with E-state index in [2.05, 4.69) is 36.8 Å². The maximum Gasteiger partial charge on any atom is 0.224 e. The Labute approximate surface area is 263 Å². The number of ether oxygens (including phenoxy) is 1. The first-order chi connectivity index (χ1) is 20.8. The van der Waals surface area contributed by atoms with Crippen molar-refractivity contribution in [3.8, 4) is 11.4 Å². The molecule has 1 atom stereocenters. The number of aryl methyl sites for hydroxylation is 1. The number of aromatic nitrogens is 3. The van der Waals surface area contributed by atoms with Crippen LogP contribution in [0.25, 0.3) is 5.69 Å². The van der Waals surface area contributed by atoms with Crippen LogP contribution in [0, 0.1) is 6.92 Å². The van der Waals surface area contributed by atoms with Crippen LogP contribution in [0.15, 0.2) is 76.2 Å². The summed E-state index contributed by atoms with van der Waals surface area (Å²) in [5, 5.41) is 15.1. The molecule has 0 saturated heterocycles. The first-order valence-corrected chi connectivity index (χ1v) is 15.3. The van der Waals surface area contributed by atoms with E-state index >= 15 is 0 Å². The quantitative estimate of drug-likeness (QED) is 0.176. The van der Waals surface area contributed by atoms with Gasteiger partial charge in [-0.15, -0.1) is 10.2 Å². The van der Waals surface area contributed by atoms with Crippen molar-refractivity contribution in [2.45, 2.75) is 45.6 Å². The molecule has 9 nitrogen and oxygen atoms in total. The number of carbonyl (C=O) groups excluding carboxylic acids is 2. The average molecular weight is 664 g/mol. The highest BCUT2D eigenvalue weighted by atomic mass is 79.9. The normalized spacial score (nSPS) is 13.8. The lowest BCUT2D eigenvalue weighted by atomic mass is 10.00. The van der Waals surface area contributed by atoms with E-state index in [0.717, 1.165) is 27.0 Å². The fraction of sp³-hybridized carbons (Fsp3) is 0.281. The number of halogens is 2. The third-order valence-corrected chi connectivity index (χ3v) is 7.74. The zero-order chi connectivity index (χ0) is 30.3. The molecular formula is C32H32BrClN6O3. The summed E-state index contributed by atoms with van der Waals surface area (Å²) in [6.07, 6.45) is 1.94. The predicted molar refractivity (Wildman–Crippen MR) is 171 cm³/mol. The predicted octanol–water partition coefficient (Wildman–Crippen LogP) is 6.60. The summed E-state index contributed by atoms with van der Waals surface area (Å²) in [4.78, 5) is 30.1. The van der Waals surface area contributed by atoms with E-state index in [0.29, 0.717) is 60.5 Å². The standard InChI is InChI=1S/C32H32BrClN6O3/c1-3-35-30(42)19-27-32-39-38-20(2)40(32)28-16-15-25(18-26(28)31(37-27)21-7-11-23(34)12-8-21)43-17-5-4-6-29(41)36-24-13-9-22(33)10-14-24/h7-16,18,27H,3-6,17,19H2,1-2H3,(H,35,42)(H,36,41). The summed E-state index contributed by atoms with van der Waals surface area (Å²) < 4.78 is 9.05. The van der Waals surface area contributed by atoms with Crippen LogP contribution in [0.4, 0.5) is 5.69 Å². The van der Waals surface area contributed by atoms with Crippen molar-refractivity contribution in [2.24, 2.45) is 4.99 Å². The molecule has 1 unspecified atom stereocenters. The van der Waals surface area contributed by atoms with Gasteiger partial charge in [0, 0.05) is 39.3 Å². The molecule has 0 saturated carbocycles. The Morgan fingerprint density at radius 1 is 1.00 bits per heavy atom. The minimum absolute atomic E-state index is 0.0292. The lowest BCUT2D eigenvalue weighted by Crippen LogP contribution is -2.25. The van der Waals surface area contributed by atoms with Crippen molar-refractivity contribution < 1.29 is 14.3 Å².